The fourth-order valence-corrected chi connectivity index (χ4v) is 3.45. The summed E-state index contributed by atoms with van der Waals surface area (Å²) >= 11 is 5.97. The lowest BCUT2D eigenvalue weighted by Crippen LogP contribution is -2.39. The Labute approximate surface area is 125 Å². The summed E-state index contributed by atoms with van der Waals surface area (Å²) in [5, 5.41) is 0.264. The number of hydrogen-bond donors (Lipinski definition) is 1. The highest BCUT2D eigenvalue weighted by atomic mass is 35.5. The smallest absolute Gasteiger partial charge is 0.242 e. The van der Waals surface area contributed by atoms with Crippen molar-refractivity contribution in [1.29, 1.82) is 0 Å². The zero-order valence-corrected chi connectivity index (χ0v) is 13.8. The van der Waals surface area contributed by atoms with Crippen molar-refractivity contribution in [2.75, 3.05) is 27.2 Å². The van der Waals surface area contributed by atoms with Gasteiger partial charge in [0, 0.05) is 13.6 Å². The minimum absolute atomic E-state index is 0.138. The number of rotatable bonds is 6. The molecule has 0 unspecified atom stereocenters. The van der Waals surface area contributed by atoms with Gasteiger partial charge in [-0.05, 0) is 30.2 Å². The quantitative estimate of drug-likeness (QED) is 0.869. The number of methoxy groups -OCH3 is 1. The van der Waals surface area contributed by atoms with Gasteiger partial charge in [-0.1, -0.05) is 25.4 Å². The second kappa shape index (κ2) is 6.30. The average Bonchev–Trinajstić information content (AvgIpc) is 2.38. The highest BCUT2D eigenvalue weighted by Gasteiger charge is 2.27. The van der Waals surface area contributed by atoms with E-state index in [4.69, 9.17) is 22.1 Å². The zero-order chi connectivity index (χ0) is 15.6. The monoisotopic (exact) mass is 320 g/mol. The predicted octanol–water partition coefficient (Wildman–Crippen LogP) is 1.95. The maximum atomic E-state index is 12.5. The van der Waals surface area contributed by atoms with Crippen molar-refractivity contribution in [3.05, 3.63) is 23.2 Å². The lowest BCUT2D eigenvalue weighted by atomic mass is 9.94. The molecular formula is C13H21ClN2O3S. The molecular weight excluding hydrogens is 300 g/mol. The molecule has 0 aliphatic rings. The van der Waals surface area contributed by atoms with Gasteiger partial charge in [0.25, 0.3) is 0 Å². The normalized spacial score (nSPS) is 12.8. The Balaban J connectivity index is 3.07. The first-order valence-corrected chi connectivity index (χ1v) is 7.96. The summed E-state index contributed by atoms with van der Waals surface area (Å²) in [6.45, 7) is 4.56. The highest BCUT2D eigenvalue weighted by Crippen LogP contribution is 2.28. The van der Waals surface area contributed by atoms with E-state index < -0.39 is 10.0 Å². The van der Waals surface area contributed by atoms with Gasteiger partial charge in [0.05, 0.1) is 17.0 Å². The van der Waals surface area contributed by atoms with Gasteiger partial charge in [0.1, 0.15) is 5.75 Å². The minimum atomic E-state index is -3.59. The van der Waals surface area contributed by atoms with Crippen LogP contribution in [0.3, 0.4) is 0 Å². The standard InChI is InChI=1S/C13H21ClN2O3S/c1-13(2,8-15)9-16(3)20(17,18)10-5-6-12(19-4)11(14)7-10/h5-7H,8-9,15H2,1-4H3. The lowest BCUT2D eigenvalue weighted by molar-refractivity contribution is 0.292. The first kappa shape index (κ1) is 17.2. The Morgan fingerprint density at radius 3 is 2.45 bits per heavy atom. The second-order valence-electron chi connectivity index (χ2n) is 5.43. The maximum Gasteiger partial charge on any atom is 0.242 e. The van der Waals surface area contributed by atoms with E-state index >= 15 is 0 Å². The third kappa shape index (κ3) is 3.85. The Morgan fingerprint density at radius 1 is 1.40 bits per heavy atom. The summed E-state index contributed by atoms with van der Waals surface area (Å²) in [5.74, 6) is 0.440. The van der Waals surface area contributed by atoms with Crippen LogP contribution in [0.4, 0.5) is 0 Å². The summed E-state index contributed by atoms with van der Waals surface area (Å²) in [5.41, 5.74) is 5.35. The van der Waals surface area contributed by atoms with E-state index in [0.717, 1.165) is 0 Å². The van der Waals surface area contributed by atoms with Gasteiger partial charge in [-0.15, -0.1) is 0 Å². The van der Waals surface area contributed by atoms with Gasteiger partial charge in [0.15, 0.2) is 0 Å². The molecule has 0 aliphatic carbocycles. The lowest BCUT2D eigenvalue weighted by Gasteiger charge is -2.28. The van der Waals surface area contributed by atoms with Crippen LogP contribution in [0.15, 0.2) is 23.1 Å². The van der Waals surface area contributed by atoms with Crippen LogP contribution in [0.25, 0.3) is 0 Å². The third-order valence-electron chi connectivity index (χ3n) is 3.03. The molecule has 0 heterocycles. The van der Waals surface area contributed by atoms with Crippen LogP contribution in [-0.4, -0.2) is 40.0 Å². The Kier molecular flexibility index (Phi) is 5.43. The number of benzene rings is 1. The van der Waals surface area contributed by atoms with E-state index in [-0.39, 0.29) is 15.3 Å². The highest BCUT2D eigenvalue weighted by molar-refractivity contribution is 7.89. The van der Waals surface area contributed by atoms with Crippen molar-refractivity contribution < 1.29 is 13.2 Å². The molecule has 2 N–H and O–H groups in total. The van der Waals surface area contributed by atoms with E-state index in [2.05, 4.69) is 0 Å². The predicted molar refractivity (Wildman–Crippen MR) is 80.7 cm³/mol. The number of nitrogens with two attached hydrogens (primary N) is 1. The van der Waals surface area contributed by atoms with Crippen LogP contribution in [0.5, 0.6) is 5.75 Å². The van der Waals surface area contributed by atoms with Crippen LogP contribution < -0.4 is 10.5 Å². The third-order valence-corrected chi connectivity index (χ3v) is 5.13. The second-order valence-corrected chi connectivity index (χ2v) is 7.88. The molecule has 114 valence electrons. The molecule has 1 rings (SSSR count). The SMILES string of the molecule is COc1ccc(S(=O)(=O)N(C)CC(C)(C)CN)cc1Cl. The molecule has 5 nitrogen and oxygen atoms in total. The molecule has 0 spiro atoms. The largest absolute Gasteiger partial charge is 0.495 e. The fraction of sp³-hybridized carbons (Fsp3) is 0.538. The summed E-state index contributed by atoms with van der Waals surface area (Å²) < 4.78 is 31.2. The summed E-state index contributed by atoms with van der Waals surface area (Å²) in [6, 6.07) is 4.41. The van der Waals surface area contributed by atoms with Crippen molar-refractivity contribution in [2.24, 2.45) is 11.1 Å². The Bertz CT molecular complexity index is 573. The maximum absolute atomic E-state index is 12.5. The molecule has 0 bridgehead atoms. The van der Waals surface area contributed by atoms with Gasteiger partial charge in [-0.2, -0.15) is 0 Å². The van der Waals surface area contributed by atoms with Crippen molar-refractivity contribution in [2.45, 2.75) is 18.7 Å². The molecule has 0 radical (unpaired) electrons. The van der Waals surface area contributed by atoms with Crippen LogP contribution in [0.2, 0.25) is 5.02 Å². The van der Waals surface area contributed by atoms with Crippen molar-refractivity contribution in [3.8, 4) is 5.75 Å². The van der Waals surface area contributed by atoms with Crippen molar-refractivity contribution in [1.82, 2.24) is 4.31 Å². The fourth-order valence-electron chi connectivity index (χ4n) is 1.74. The van der Waals surface area contributed by atoms with Gasteiger partial charge in [-0.25, -0.2) is 12.7 Å². The van der Waals surface area contributed by atoms with Gasteiger partial charge < -0.3 is 10.5 Å². The molecule has 7 heteroatoms. The molecule has 0 fully saturated rings. The number of halogens is 1. The summed E-state index contributed by atoms with van der Waals surface area (Å²) in [6.07, 6.45) is 0. The van der Waals surface area contributed by atoms with E-state index in [1.165, 1.54) is 36.7 Å². The van der Waals surface area contributed by atoms with E-state index in [0.29, 0.717) is 18.8 Å². The summed E-state index contributed by atoms with van der Waals surface area (Å²) in [4.78, 5) is 0.138. The van der Waals surface area contributed by atoms with Crippen LogP contribution in [0.1, 0.15) is 13.8 Å². The molecule has 0 aromatic heterocycles. The number of ether oxygens (including phenoxy) is 1. The first-order valence-electron chi connectivity index (χ1n) is 6.14. The molecule has 0 amide bonds. The molecule has 0 saturated carbocycles. The molecule has 0 saturated heterocycles. The molecule has 1 aromatic rings. The van der Waals surface area contributed by atoms with Gasteiger partial charge in [-0.3, -0.25) is 0 Å². The van der Waals surface area contributed by atoms with Crippen molar-refractivity contribution >= 4 is 21.6 Å². The number of nitrogens with zero attached hydrogens (tertiary/aromatic N) is 1. The molecule has 0 aliphatic heterocycles. The Hall–Kier alpha value is -0.820. The van der Waals surface area contributed by atoms with Crippen LogP contribution in [0, 0.1) is 5.41 Å². The average molecular weight is 321 g/mol. The van der Waals surface area contributed by atoms with Crippen molar-refractivity contribution in [3.63, 3.8) is 0 Å². The van der Waals surface area contributed by atoms with E-state index in [1.54, 1.807) is 0 Å². The summed E-state index contributed by atoms with van der Waals surface area (Å²) in [7, 11) is -0.582. The first-order chi connectivity index (χ1) is 9.14. The molecule has 1 aromatic carbocycles. The topological polar surface area (TPSA) is 72.6 Å². The number of hydrogen-bond acceptors (Lipinski definition) is 4. The van der Waals surface area contributed by atoms with Crippen LogP contribution >= 0.6 is 11.6 Å². The minimum Gasteiger partial charge on any atom is -0.495 e. The van der Waals surface area contributed by atoms with Gasteiger partial charge >= 0.3 is 0 Å². The number of sulfonamides is 1. The molecule has 0 atom stereocenters. The molecule has 20 heavy (non-hydrogen) atoms. The van der Waals surface area contributed by atoms with E-state index in [1.807, 2.05) is 13.8 Å². The van der Waals surface area contributed by atoms with Crippen LogP contribution in [-0.2, 0) is 10.0 Å². The zero-order valence-electron chi connectivity index (χ0n) is 12.2. The Morgan fingerprint density at radius 2 is 2.00 bits per heavy atom. The van der Waals surface area contributed by atoms with Gasteiger partial charge in [0.2, 0.25) is 10.0 Å². The van der Waals surface area contributed by atoms with E-state index in [9.17, 15) is 8.42 Å².